The first kappa shape index (κ1) is 18.6. The summed E-state index contributed by atoms with van der Waals surface area (Å²) in [5.41, 5.74) is 3.23. The van der Waals surface area contributed by atoms with Gasteiger partial charge in [-0.2, -0.15) is 5.10 Å². The Bertz CT molecular complexity index is 761. The number of hydrogen-bond donors (Lipinski definition) is 1. The summed E-state index contributed by atoms with van der Waals surface area (Å²) in [5.74, 6) is -0.564. The van der Waals surface area contributed by atoms with Crippen molar-refractivity contribution in [2.45, 2.75) is 46.1 Å². The second-order valence-electron chi connectivity index (χ2n) is 8.60. The first-order chi connectivity index (χ1) is 12.2. The smallest absolute Gasteiger partial charge is 0.307 e. The number of nitrogens with zero attached hydrogens (tertiary/aromatic N) is 3. The summed E-state index contributed by atoms with van der Waals surface area (Å²) in [6.07, 6.45) is 2.87. The Morgan fingerprint density at radius 1 is 1.23 bits per heavy atom. The molecule has 1 aromatic carbocycles. The lowest BCUT2D eigenvalue weighted by Crippen LogP contribution is -2.42. The largest absolute Gasteiger partial charge is 0.481 e. The van der Waals surface area contributed by atoms with Gasteiger partial charge in [0.1, 0.15) is 0 Å². The van der Waals surface area contributed by atoms with Gasteiger partial charge < -0.3 is 5.11 Å². The highest BCUT2D eigenvalue weighted by atomic mass is 16.4. The molecule has 1 N–H and O–H groups in total. The number of aromatic nitrogens is 2. The molecule has 0 spiro atoms. The molecule has 2 aromatic rings. The zero-order valence-corrected chi connectivity index (χ0v) is 16.1. The number of carbonyl (C=O) groups is 1. The number of carboxylic acids is 1. The fraction of sp³-hybridized carbons (Fsp3) is 0.524. The predicted molar refractivity (Wildman–Crippen MR) is 102 cm³/mol. The molecule has 2 atom stereocenters. The van der Waals surface area contributed by atoms with Gasteiger partial charge in [0, 0.05) is 36.8 Å². The molecule has 2 unspecified atom stereocenters. The number of benzene rings is 1. The van der Waals surface area contributed by atoms with Gasteiger partial charge in [0.25, 0.3) is 0 Å². The van der Waals surface area contributed by atoms with E-state index in [9.17, 15) is 9.90 Å². The number of para-hydroxylation sites is 1. The van der Waals surface area contributed by atoms with Crippen molar-refractivity contribution in [1.29, 1.82) is 0 Å². The Kier molecular flexibility index (Phi) is 5.19. The molecule has 0 bridgehead atoms. The maximum atomic E-state index is 11.5. The summed E-state index contributed by atoms with van der Waals surface area (Å²) in [6, 6.07) is 10.1. The van der Waals surface area contributed by atoms with Crippen LogP contribution in [-0.2, 0) is 16.8 Å². The molecule has 5 heteroatoms. The lowest BCUT2D eigenvalue weighted by molar-refractivity contribution is -0.144. The molecule has 1 aromatic heterocycles. The van der Waals surface area contributed by atoms with E-state index in [4.69, 9.17) is 5.10 Å². The van der Waals surface area contributed by atoms with Crippen molar-refractivity contribution in [2.24, 2.45) is 11.8 Å². The summed E-state index contributed by atoms with van der Waals surface area (Å²) < 4.78 is 1.94. The van der Waals surface area contributed by atoms with E-state index in [1.165, 1.54) is 5.56 Å². The highest BCUT2D eigenvalue weighted by molar-refractivity contribution is 5.70. The summed E-state index contributed by atoms with van der Waals surface area (Å²) in [7, 11) is 0. The first-order valence-electron chi connectivity index (χ1n) is 9.33. The van der Waals surface area contributed by atoms with Gasteiger partial charge >= 0.3 is 5.97 Å². The molecule has 1 saturated heterocycles. The lowest BCUT2D eigenvalue weighted by atomic mass is 9.88. The molecule has 0 radical (unpaired) electrons. The lowest BCUT2D eigenvalue weighted by Gasteiger charge is -2.35. The van der Waals surface area contributed by atoms with Gasteiger partial charge in [-0.1, -0.05) is 45.9 Å². The second-order valence-corrected chi connectivity index (χ2v) is 8.60. The molecular weight excluding hydrogens is 326 g/mol. The molecule has 0 aliphatic carbocycles. The standard InChI is InChI=1S/C21H29N3O2/c1-15-10-16(20(25)26)12-23(11-15)13-17-14-24(18-8-6-5-7-9-18)22-19(17)21(2,3)4/h5-9,14-16H,10-13H2,1-4H3,(H,25,26). The monoisotopic (exact) mass is 355 g/mol. The molecular formula is C21H29N3O2. The molecule has 2 heterocycles. The molecule has 1 aliphatic heterocycles. The average Bonchev–Trinajstić information content (AvgIpc) is 2.99. The van der Waals surface area contributed by atoms with Crippen molar-refractivity contribution in [3.63, 3.8) is 0 Å². The number of carboxylic acid groups (broad SMARTS) is 1. The van der Waals surface area contributed by atoms with E-state index in [0.717, 1.165) is 30.9 Å². The molecule has 1 aliphatic rings. The van der Waals surface area contributed by atoms with Crippen LogP contribution in [0.5, 0.6) is 0 Å². The van der Waals surface area contributed by atoms with Crippen LogP contribution in [0.3, 0.4) is 0 Å². The average molecular weight is 355 g/mol. The van der Waals surface area contributed by atoms with E-state index >= 15 is 0 Å². The van der Waals surface area contributed by atoms with Crippen molar-refractivity contribution in [3.05, 3.63) is 47.8 Å². The SMILES string of the molecule is CC1CC(C(=O)O)CN(Cc2cn(-c3ccccc3)nc2C(C)(C)C)C1. The Hall–Kier alpha value is -2.14. The number of aliphatic carboxylic acids is 1. The minimum atomic E-state index is -0.683. The van der Waals surface area contributed by atoms with Gasteiger partial charge in [0.15, 0.2) is 0 Å². The van der Waals surface area contributed by atoms with Gasteiger partial charge in [-0.05, 0) is 24.5 Å². The van der Waals surface area contributed by atoms with Crippen molar-refractivity contribution in [1.82, 2.24) is 14.7 Å². The Balaban J connectivity index is 1.89. The van der Waals surface area contributed by atoms with E-state index in [0.29, 0.717) is 12.5 Å². The van der Waals surface area contributed by atoms with Crippen LogP contribution in [0.15, 0.2) is 36.5 Å². The van der Waals surface area contributed by atoms with Gasteiger partial charge in [-0.15, -0.1) is 0 Å². The zero-order valence-electron chi connectivity index (χ0n) is 16.1. The predicted octanol–water partition coefficient (Wildman–Crippen LogP) is 3.71. The Labute approximate surface area is 155 Å². The van der Waals surface area contributed by atoms with E-state index in [-0.39, 0.29) is 11.3 Å². The fourth-order valence-corrected chi connectivity index (χ4v) is 3.88. The number of likely N-dealkylation sites (tertiary alicyclic amines) is 1. The number of piperidine rings is 1. The van der Waals surface area contributed by atoms with Gasteiger partial charge in [-0.3, -0.25) is 9.69 Å². The van der Waals surface area contributed by atoms with Crippen molar-refractivity contribution in [2.75, 3.05) is 13.1 Å². The van der Waals surface area contributed by atoms with Crippen molar-refractivity contribution in [3.8, 4) is 5.69 Å². The van der Waals surface area contributed by atoms with E-state index in [2.05, 4.69) is 38.8 Å². The molecule has 1 fully saturated rings. The van der Waals surface area contributed by atoms with Crippen LogP contribution in [0.25, 0.3) is 5.69 Å². The van der Waals surface area contributed by atoms with E-state index in [1.54, 1.807) is 0 Å². The molecule has 3 rings (SSSR count). The Morgan fingerprint density at radius 3 is 2.54 bits per heavy atom. The second kappa shape index (κ2) is 7.23. The highest BCUT2D eigenvalue weighted by Gasteiger charge is 2.31. The minimum Gasteiger partial charge on any atom is -0.481 e. The molecule has 0 saturated carbocycles. The van der Waals surface area contributed by atoms with Crippen LogP contribution in [0, 0.1) is 11.8 Å². The van der Waals surface area contributed by atoms with E-state index in [1.807, 2.05) is 35.0 Å². The third-order valence-electron chi connectivity index (χ3n) is 5.00. The number of hydrogen-bond acceptors (Lipinski definition) is 3. The molecule has 140 valence electrons. The van der Waals surface area contributed by atoms with Crippen LogP contribution < -0.4 is 0 Å². The topological polar surface area (TPSA) is 58.4 Å². The fourth-order valence-electron chi connectivity index (χ4n) is 3.88. The van der Waals surface area contributed by atoms with Gasteiger partial charge in [0.05, 0.1) is 17.3 Å². The molecule has 0 amide bonds. The van der Waals surface area contributed by atoms with Crippen LogP contribution in [0.1, 0.15) is 45.4 Å². The molecule has 26 heavy (non-hydrogen) atoms. The number of rotatable bonds is 4. The normalized spacial score (nSPS) is 21.7. The quantitative estimate of drug-likeness (QED) is 0.908. The third kappa shape index (κ3) is 4.15. The van der Waals surface area contributed by atoms with Crippen molar-refractivity contribution >= 4 is 5.97 Å². The Morgan fingerprint density at radius 2 is 1.92 bits per heavy atom. The minimum absolute atomic E-state index is 0.0665. The van der Waals surface area contributed by atoms with Crippen LogP contribution >= 0.6 is 0 Å². The zero-order chi connectivity index (χ0) is 18.9. The van der Waals surface area contributed by atoms with Crippen molar-refractivity contribution < 1.29 is 9.90 Å². The summed E-state index contributed by atoms with van der Waals surface area (Å²) in [5, 5.41) is 14.3. The molecule has 5 nitrogen and oxygen atoms in total. The summed E-state index contributed by atoms with van der Waals surface area (Å²) in [6.45, 7) is 10.9. The van der Waals surface area contributed by atoms with Crippen LogP contribution in [0.4, 0.5) is 0 Å². The first-order valence-corrected chi connectivity index (χ1v) is 9.33. The van der Waals surface area contributed by atoms with Gasteiger partial charge in [0.2, 0.25) is 0 Å². The summed E-state index contributed by atoms with van der Waals surface area (Å²) in [4.78, 5) is 13.7. The highest BCUT2D eigenvalue weighted by Crippen LogP contribution is 2.29. The summed E-state index contributed by atoms with van der Waals surface area (Å²) >= 11 is 0. The van der Waals surface area contributed by atoms with Crippen LogP contribution in [0.2, 0.25) is 0 Å². The third-order valence-corrected chi connectivity index (χ3v) is 5.00. The van der Waals surface area contributed by atoms with E-state index < -0.39 is 5.97 Å². The maximum absolute atomic E-state index is 11.5. The van der Waals surface area contributed by atoms with Crippen LogP contribution in [-0.4, -0.2) is 38.8 Å². The maximum Gasteiger partial charge on any atom is 0.307 e. The van der Waals surface area contributed by atoms with Gasteiger partial charge in [-0.25, -0.2) is 4.68 Å².